The van der Waals surface area contributed by atoms with Crippen molar-refractivity contribution in [2.75, 3.05) is 25.2 Å². The van der Waals surface area contributed by atoms with E-state index in [-0.39, 0.29) is 16.9 Å². The van der Waals surface area contributed by atoms with E-state index < -0.39 is 17.7 Å². The van der Waals surface area contributed by atoms with Crippen LogP contribution in [0.25, 0.3) is 5.76 Å². The Kier molecular flexibility index (Phi) is 5.22. The molecule has 1 atom stereocenters. The van der Waals surface area contributed by atoms with E-state index in [1.807, 2.05) is 0 Å². The third kappa shape index (κ3) is 3.48. The number of hydrogen-bond donors (Lipinski definition) is 1. The van der Waals surface area contributed by atoms with Crippen LogP contribution >= 0.6 is 11.6 Å². The van der Waals surface area contributed by atoms with Gasteiger partial charge in [-0.15, -0.1) is 0 Å². The number of rotatable bonds is 4. The fourth-order valence-corrected chi connectivity index (χ4v) is 4.15. The summed E-state index contributed by atoms with van der Waals surface area (Å²) < 4.78 is 22.0. The van der Waals surface area contributed by atoms with Gasteiger partial charge in [0.25, 0.3) is 11.7 Å². The molecule has 1 aromatic heterocycles. The Morgan fingerprint density at radius 2 is 1.88 bits per heavy atom. The molecule has 2 aliphatic heterocycles. The highest BCUT2D eigenvalue weighted by molar-refractivity contribution is 6.51. The number of furan rings is 1. The van der Waals surface area contributed by atoms with Crippen LogP contribution in [0.1, 0.15) is 17.4 Å². The number of anilines is 1. The molecule has 0 aliphatic carbocycles. The molecule has 0 saturated carbocycles. The number of Topliss-reactive ketones (excluding diaryl/α,β-unsaturated/α-hetero) is 1. The average molecular weight is 468 g/mol. The van der Waals surface area contributed by atoms with Crippen molar-refractivity contribution < 1.29 is 33.3 Å². The molecule has 33 heavy (non-hydrogen) atoms. The van der Waals surface area contributed by atoms with Crippen LogP contribution in [0, 0.1) is 0 Å². The number of fused-ring (bicyclic) bond motifs is 1. The quantitative estimate of drug-likeness (QED) is 0.346. The van der Waals surface area contributed by atoms with Gasteiger partial charge in [-0.3, -0.25) is 14.5 Å². The van der Waals surface area contributed by atoms with Crippen LogP contribution in [0.3, 0.4) is 0 Å². The second-order valence-electron chi connectivity index (χ2n) is 7.36. The zero-order chi connectivity index (χ0) is 23.1. The Bertz CT molecular complexity index is 1280. The number of ether oxygens (including phenoxy) is 3. The zero-order valence-corrected chi connectivity index (χ0v) is 18.2. The fraction of sp³-hybridized carbons (Fsp3) is 0.167. The number of methoxy groups -OCH3 is 1. The van der Waals surface area contributed by atoms with Crippen LogP contribution in [0.5, 0.6) is 17.2 Å². The van der Waals surface area contributed by atoms with Gasteiger partial charge in [-0.2, -0.15) is 0 Å². The van der Waals surface area contributed by atoms with Gasteiger partial charge in [0.2, 0.25) is 0 Å². The van der Waals surface area contributed by atoms with Gasteiger partial charge in [-0.1, -0.05) is 11.6 Å². The maximum Gasteiger partial charge on any atom is 0.300 e. The number of nitrogens with zero attached hydrogens (tertiary/aromatic N) is 1. The lowest BCUT2D eigenvalue weighted by Gasteiger charge is -2.25. The van der Waals surface area contributed by atoms with E-state index in [0.717, 1.165) is 0 Å². The summed E-state index contributed by atoms with van der Waals surface area (Å²) in [6.07, 6.45) is 1.44. The number of carbonyl (C=O) groups excluding carboxylic acids is 2. The predicted octanol–water partition coefficient (Wildman–Crippen LogP) is 4.34. The summed E-state index contributed by atoms with van der Waals surface area (Å²) in [7, 11) is 1.44. The van der Waals surface area contributed by atoms with Crippen molar-refractivity contribution in [2.45, 2.75) is 6.04 Å². The number of hydrogen-bond acceptors (Lipinski definition) is 7. The van der Waals surface area contributed by atoms with Crippen LogP contribution in [0.4, 0.5) is 5.69 Å². The maximum atomic E-state index is 13.2. The third-order valence-electron chi connectivity index (χ3n) is 5.49. The molecule has 1 fully saturated rings. The molecule has 0 bridgehead atoms. The fourth-order valence-electron chi connectivity index (χ4n) is 3.96. The van der Waals surface area contributed by atoms with Gasteiger partial charge >= 0.3 is 0 Å². The molecule has 0 radical (unpaired) electrons. The smallest absolute Gasteiger partial charge is 0.300 e. The standard InChI is InChI=1S/C24H18ClNO7/c1-30-18-11-13(4-6-15(18)25)22(27)20-21(17-3-2-8-31-17)26(24(29)23(20)28)14-5-7-16-19(12-14)33-10-9-32-16/h2-8,11-12,21,27H,9-10H2,1H3/b22-20-. The lowest BCUT2D eigenvalue weighted by Crippen LogP contribution is -2.29. The number of aliphatic hydroxyl groups is 1. The number of halogens is 1. The molecular weight excluding hydrogens is 450 g/mol. The second kappa shape index (κ2) is 8.22. The first-order valence-corrected chi connectivity index (χ1v) is 10.5. The van der Waals surface area contributed by atoms with Gasteiger partial charge in [0.1, 0.15) is 36.5 Å². The van der Waals surface area contributed by atoms with Crippen molar-refractivity contribution >= 4 is 34.7 Å². The van der Waals surface area contributed by atoms with Crippen molar-refractivity contribution in [3.05, 3.63) is 76.7 Å². The van der Waals surface area contributed by atoms with Gasteiger partial charge in [-0.25, -0.2) is 0 Å². The summed E-state index contributed by atoms with van der Waals surface area (Å²) in [6, 6.07) is 11.8. The van der Waals surface area contributed by atoms with E-state index in [0.29, 0.717) is 46.9 Å². The Hall–Kier alpha value is -3.91. The molecule has 1 saturated heterocycles. The molecule has 8 nitrogen and oxygen atoms in total. The van der Waals surface area contributed by atoms with E-state index >= 15 is 0 Å². The van der Waals surface area contributed by atoms with Crippen LogP contribution < -0.4 is 19.1 Å². The van der Waals surface area contributed by atoms with Crippen molar-refractivity contribution in [1.29, 1.82) is 0 Å². The summed E-state index contributed by atoms with van der Waals surface area (Å²) in [5.74, 6) is -0.397. The molecule has 9 heteroatoms. The van der Waals surface area contributed by atoms with Crippen molar-refractivity contribution in [2.24, 2.45) is 0 Å². The molecule has 168 valence electrons. The molecule has 1 unspecified atom stereocenters. The average Bonchev–Trinajstić information content (AvgIpc) is 3.45. The van der Waals surface area contributed by atoms with Crippen LogP contribution in [0.15, 0.2) is 64.8 Å². The lowest BCUT2D eigenvalue weighted by molar-refractivity contribution is -0.132. The van der Waals surface area contributed by atoms with E-state index in [9.17, 15) is 14.7 Å². The summed E-state index contributed by atoms with van der Waals surface area (Å²) >= 11 is 6.09. The number of amides is 1. The minimum Gasteiger partial charge on any atom is -0.507 e. The lowest BCUT2D eigenvalue weighted by atomic mass is 9.99. The SMILES string of the molecule is COc1cc(/C(O)=C2/C(=O)C(=O)N(c3ccc4c(c3)OCCO4)C2c2ccco2)ccc1Cl. The number of aliphatic hydroxyl groups excluding tert-OH is 1. The monoisotopic (exact) mass is 467 g/mol. The van der Waals surface area contributed by atoms with E-state index in [4.69, 9.17) is 30.2 Å². The minimum atomic E-state index is -0.996. The first-order chi connectivity index (χ1) is 16.0. The summed E-state index contributed by atoms with van der Waals surface area (Å²) in [5, 5.41) is 11.5. The zero-order valence-electron chi connectivity index (χ0n) is 17.4. The Morgan fingerprint density at radius 3 is 2.61 bits per heavy atom. The van der Waals surface area contributed by atoms with Gasteiger partial charge in [0.05, 0.1) is 24.0 Å². The molecule has 1 N–H and O–H groups in total. The first-order valence-electron chi connectivity index (χ1n) is 10.1. The van der Waals surface area contributed by atoms with E-state index in [2.05, 4.69) is 0 Å². The van der Waals surface area contributed by atoms with Crippen LogP contribution in [-0.4, -0.2) is 37.1 Å². The molecule has 1 amide bonds. The van der Waals surface area contributed by atoms with Gasteiger partial charge in [-0.05, 0) is 42.5 Å². The Labute approximate surface area is 193 Å². The topological polar surface area (TPSA) is 98.4 Å². The van der Waals surface area contributed by atoms with Crippen molar-refractivity contribution in [1.82, 2.24) is 0 Å². The number of ketones is 1. The molecule has 0 spiro atoms. The first kappa shape index (κ1) is 21.0. The van der Waals surface area contributed by atoms with Crippen LogP contribution in [-0.2, 0) is 9.59 Å². The molecular formula is C24H18ClNO7. The minimum absolute atomic E-state index is 0.116. The predicted molar refractivity (Wildman–Crippen MR) is 119 cm³/mol. The largest absolute Gasteiger partial charge is 0.507 e. The molecule has 5 rings (SSSR count). The Morgan fingerprint density at radius 1 is 1.09 bits per heavy atom. The number of benzene rings is 2. The second-order valence-corrected chi connectivity index (χ2v) is 7.77. The number of carbonyl (C=O) groups is 2. The van der Waals surface area contributed by atoms with Gasteiger partial charge < -0.3 is 23.7 Å². The summed E-state index contributed by atoms with van der Waals surface area (Å²) in [6.45, 7) is 0.795. The normalized spacial score (nSPS) is 19.1. The van der Waals surface area contributed by atoms with Crippen LogP contribution in [0.2, 0.25) is 5.02 Å². The molecule has 2 aliphatic rings. The van der Waals surface area contributed by atoms with Gasteiger partial charge in [0, 0.05) is 17.3 Å². The highest BCUT2D eigenvalue weighted by atomic mass is 35.5. The van der Waals surface area contributed by atoms with E-state index in [1.165, 1.54) is 36.5 Å². The molecule has 3 aromatic rings. The summed E-state index contributed by atoms with van der Waals surface area (Å²) in [5.41, 5.74) is 0.553. The maximum absolute atomic E-state index is 13.2. The third-order valence-corrected chi connectivity index (χ3v) is 5.80. The van der Waals surface area contributed by atoms with Crippen molar-refractivity contribution in [3.63, 3.8) is 0 Å². The van der Waals surface area contributed by atoms with E-state index in [1.54, 1.807) is 30.3 Å². The highest BCUT2D eigenvalue weighted by Gasteiger charge is 2.48. The van der Waals surface area contributed by atoms with Crippen molar-refractivity contribution in [3.8, 4) is 17.2 Å². The molecule has 2 aromatic carbocycles. The van der Waals surface area contributed by atoms with Gasteiger partial charge in [0.15, 0.2) is 11.5 Å². The molecule has 3 heterocycles. The Balaban J connectivity index is 1.67. The summed E-state index contributed by atoms with van der Waals surface area (Å²) in [4.78, 5) is 27.6. The highest BCUT2D eigenvalue weighted by Crippen LogP contribution is 2.45.